The molecule has 0 aromatic heterocycles. The molecule has 1 aromatic carbocycles. The van der Waals surface area contributed by atoms with E-state index in [1.165, 1.54) is 0 Å². The van der Waals surface area contributed by atoms with Crippen molar-refractivity contribution in [3.05, 3.63) is 29.8 Å². The van der Waals surface area contributed by atoms with Gasteiger partial charge < -0.3 is 15.5 Å². The van der Waals surface area contributed by atoms with Gasteiger partial charge in [0.2, 0.25) is 5.91 Å². The number of hydrogen-bond acceptors (Lipinski definition) is 4. The number of nitrogens with zero attached hydrogens (tertiary/aromatic N) is 3. The number of halogens is 2. The summed E-state index contributed by atoms with van der Waals surface area (Å²) in [5, 5.41) is 0. The molecular formula is C18H30Cl2N4O2. The third-order valence-corrected chi connectivity index (χ3v) is 4.48. The normalized spacial score (nSPS) is 14.6. The number of rotatable bonds is 5. The van der Waals surface area contributed by atoms with Crippen LogP contribution in [0.5, 0.6) is 0 Å². The van der Waals surface area contributed by atoms with Crippen LogP contribution in [-0.4, -0.2) is 72.3 Å². The molecule has 1 aliphatic heterocycles. The fourth-order valence-electron chi connectivity index (χ4n) is 3.05. The molecule has 1 aliphatic rings. The quantitative estimate of drug-likeness (QED) is 0.762. The summed E-state index contributed by atoms with van der Waals surface area (Å²) < 4.78 is 0. The van der Waals surface area contributed by atoms with Crippen molar-refractivity contribution in [2.45, 2.75) is 20.3 Å². The number of amides is 2. The highest BCUT2D eigenvalue weighted by atomic mass is 35.5. The lowest BCUT2D eigenvalue weighted by atomic mass is 10.1. The van der Waals surface area contributed by atoms with E-state index in [0.717, 1.165) is 32.6 Å². The van der Waals surface area contributed by atoms with Gasteiger partial charge in [0, 0.05) is 50.5 Å². The van der Waals surface area contributed by atoms with Gasteiger partial charge in [-0.1, -0.05) is 6.07 Å². The first-order valence-electron chi connectivity index (χ1n) is 8.70. The molecule has 1 fully saturated rings. The second kappa shape index (κ2) is 12.0. The van der Waals surface area contributed by atoms with Gasteiger partial charge in [-0.25, -0.2) is 0 Å². The zero-order valence-corrected chi connectivity index (χ0v) is 17.2. The lowest BCUT2D eigenvalue weighted by Crippen LogP contribution is -2.42. The van der Waals surface area contributed by atoms with Crippen LogP contribution in [0, 0.1) is 0 Å². The van der Waals surface area contributed by atoms with Crippen molar-refractivity contribution in [2.24, 2.45) is 0 Å². The van der Waals surface area contributed by atoms with E-state index in [1.807, 2.05) is 23.6 Å². The van der Waals surface area contributed by atoms with Crippen LogP contribution in [0.25, 0.3) is 0 Å². The molecule has 6 nitrogen and oxygen atoms in total. The first kappa shape index (κ1) is 24.5. The Balaban J connectivity index is 0.00000312. The summed E-state index contributed by atoms with van der Waals surface area (Å²) >= 11 is 0. The van der Waals surface area contributed by atoms with Crippen LogP contribution >= 0.6 is 24.8 Å². The highest BCUT2D eigenvalue weighted by Gasteiger charge is 2.22. The largest absolute Gasteiger partial charge is 0.399 e. The van der Waals surface area contributed by atoms with E-state index in [9.17, 15) is 9.59 Å². The molecule has 2 amide bonds. The Hall–Kier alpha value is -1.50. The summed E-state index contributed by atoms with van der Waals surface area (Å²) in [4.78, 5) is 30.7. The van der Waals surface area contributed by atoms with Gasteiger partial charge >= 0.3 is 0 Å². The van der Waals surface area contributed by atoms with E-state index in [4.69, 9.17) is 5.73 Å². The monoisotopic (exact) mass is 404 g/mol. The molecule has 0 spiro atoms. The maximum atomic E-state index is 12.6. The third-order valence-electron chi connectivity index (χ3n) is 4.48. The standard InChI is InChI=1S/C18H28N4O2.2ClH/c1-3-21(4-2)17(23)14-20-9-6-10-22(12-11-20)18(24)15-7-5-8-16(19)13-15;;/h5,7-8,13H,3-4,6,9-12,14,19H2,1-2H3;2*1H. The number of nitrogen functional groups attached to an aromatic ring is 1. The van der Waals surface area contributed by atoms with Crippen LogP contribution in [0.4, 0.5) is 5.69 Å². The average Bonchev–Trinajstić information content (AvgIpc) is 2.81. The summed E-state index contributed by atoms with van der Waals surface area (Å²) in [7, 11) is 0. The van der Waals surface area contributed by atoms with E-state index in [2.05, 4.69) is 4.90 Å². The van der Waals surface area contributed by atoms with Crippen molar-refractivity contribution >= 4 is 42.3 Å². The Bertz CT molecular complexity index is 582. The van der Waals surface area contributed by atoms with Crippen molar-refractivity contribution < 1.29 is 9.59 Å². The minimum absolute atomic E-state index is 0. The number of benzene rings is 1. The van der Waals surface area contributed by atoms with Gasteiger partial charge in [-0.3, -0.25) is 14.5 Å². The first-order chi connectivity index (χ1) is 11.5. The highest BCUT2D eigenvalue weighted by Crippen LogP contribution is 2.12. The minimum atomic E-state index is 0. The predicted molar refractivity (Wildman–Crippen MR) is 110 cm³/mol. The van der Waals surface area contributed by atoms with Crippen molar-refractivity contribution in [1.82, 2.24) is 14.7 Å². The molecule has 0 radical (unpaired) electrons. The second-order valence-corrected chi connectivity index (χ2v) is 6.11. The van der Waals surface area contributed by atoms with Crippen molar-refractivity contribution in [1.29, 1.82) is 0 Å². The van der Waals surface area contributed by atoms with Crippen LogP contribution < -0.4 is 5.73 Å². The molecule has 1 saturated heterocycles. The fourth-order valence-corrected chi connectivity index (χ4v) is 3.05. The van der Waals surface area contributed by atoms with Crippen LogP contribution in [-0.2, 0) is 4.79 Å². The van der Waals surface area contributed by atoms with Crippen LogP contribution in [0.1, 0.15) is 30.6 Å². The lowest BCUT2D eigenvalue weighted by Gasteiger charge is -2.25. The van der Waals surface area contributed by atoms with Crippen molar-refractivity contribution in [3.8, 4) is 0 Å². The van der Waals surface area contributed by atoms with Gasteiger partial charge in [0.25, 0.3) is 5.91 Å². The van der Waals surface area contributed by atoms with E-state index in [-0.39, 0.29) is 36.6 Å². The molecule has 1 heterocycles. The number of likely N-dealkylation sites (N-methyl/N-ethyl adjacent to an activating group) is 1. The van der Waals surface area contributed by atoms with E-state index < -0.39 is 0 Å². The SMILES string of the molecule is CCN(CC)C(=O)CN1CCCN(C(=O)c2cccc(N)c2)CC1.Cl.Cl. The minimum Gasteiger partial charge on any atom is -0.399 e. The van der Waals surface area contributed by atoms with E-state index in [0.29, 0.717) is 30.9 Å². The van der Waals surface area contributed by atoms with Gasteiger partial charge in [-0.15, -0.1) is 24.8 Å². The molecule has 2 N–H and O–H groups in total. The Morgan fingerprint density at radius 2 is 1.77 bits per heavy atom. The van der Waals surface area contributed by atoms with Crippen molar-refractivity contribution in [2.75, 3.05) is 51.5 Å². The van der Waals surface area contributed by atoms with Gasteiger partial charge in [0.05, 0.1) is 6.54 Å². The second-order valence-electron chi connectivity index (χ2n) is 6.11. The van der Waals surface area contributed by atoms with Gasteiger partial charge in [0.1, 0.15) is 0 Å². The number of nitrogens with two attached hydrogens (primary N) is 1. The van der Waals surface area contributed by atoms with Crippen molar-refractivity contribution in [3.63, 3.8) is 0 Å². The zero-order chi connectivity index (χ0) is 17.5. The first-order valence-corrected chi connectivity index (χ1v) is 8.70. The number of anilines is 1. The third kappa shape index (κ3) is 6.67. The summed E-state index contributed by atoms with van der Waals surface area (Å²) in [6, 6.07) is 7.09. The predicted octanol–water partition coefficient (Wildman–Crippen LogP) is 2.13. The molecule has 0 unspecified atom stereocenters. The zero-order valence-electron chi connectivity index (χ0n) is 15.5. The molecule has 0 bridgehead atoms. The Morgan fingerprint density at radius 3 is 2.38 bits per heavy atom. The Labute approximate surface area is 168 Å². The highest BCUT2D eigenvalue weighted by molar-refractivity contribution is 5.95. The molecule has 0 saturated carbocycles. The summed E-state index contributed by atoms with van der Waals surface area (Å²) in [6.45, 7) is 8.82. The van der Waals surface area contributed by atoms with Gasteiger partial charge in [0.15, 0.2) is 0 Å². The molecule has 2 rings (SSSR count). The van der Waals surface area contributed by atoms with E-state index >= 15 is 0 Å². The van der Waals surface area contributed by atoms with Crippen LogP contribution in [0.15, 0.2) is 24.3 Å². The summed E-state index contributed by atoms with van der Waals surface area (Å²) in [5.41, 5.74) is 6.99. The average molecular weight is 405 g/mol. The van der Waals surface area contributed by atoms with E-state index in [1.54, 1.807) is 24.3 Å². The van der Waals surface area contributed by atoms with Gasteiger partial charge in [-0.05, 0) is 38.5 Å². The van der Waals surface area contributed by atoms with Crippen LogP contribution in [0.3, 0.4) is 0 Å². The lowest BCUT2D eigenvalue weighted by molar-refractivity contribution is -0.132. The number of carbonyl (C=O) groups excluding carboxylic acids is 2. The molecule has 8 heteroatoms. The Morgan fingerprint density at radius 1 is 1.08 bits per heavy atom. The maximum absolute atomic E-state index is 12.6. The molecule has 148 valence electrons. The summed E-state index contributed by atoms with van der Waals surface area (Å²) in [5.74, 6) is 0.176. The van der Waals surface area contributed by atoms with Crippen LogP contribution in [0.2, 0.25) is 0 Å². The maximum Gasteiger partial charge on any atom is 0.253 e. The topological polar surface area (TPSA) is 69.9 Å². The van der Waals surface area contributed by atoms with Gasteiger partial charge in [-0.2, -0.15) is 0 Å². The number of carbonyl (C=O) groups is 2. The smallest absolute Gasteiger partial charge is 0.253 e. The Kier molecular flexibility index (Phi) is 11.3. The molecule has 26 heavy (non-hydrogen) atoms. The molecule has 0 atom stereocenters. The summed E-state index contributed by atoms with van der Waals surface area (Å²) in [6.07, 6.45) is 0.875. The molecule has 1 aromatic rings. The molecular weight excluding hydrogens is 375 g/mol. The fraction of sp³-hybridized carbons (Fsp3) is 0.556. The molecule has 0 aliphatic carbocycles. The number of hydrogen-bond donors (Lipinski definition) is 1.